The maximum Gasteiger partial charge on any atom is 0.408 e. The lowest BCUT2D eigenvalue weighted by Gasteiger charge is -2.24. The molecule has 33 heavy (non-hydrogen) atoms. The molecule has 4 N–H and O–H groups in total. The standard InChI is InChI=1S/C23H30IN5O4/c1-13-7-6-8-14(9-13)27-19-17-16(11-26-21(17)30)18(24)20(29-19)25-10-15(12-32-5)28-22(31)33-23(2,3)4/h6-9,15H,10-12H2,1-5H3,(H,26,30)(H,28,31)(H2,25,27,29)/t15-/m1/s1. The molecule has 0 radical (unpaired) electrons. The van der Waals surface area contributed by atoms with E-state index in [2.05, 4.69) is 43.9 Å². The molecule has 0 fully saturated rings. The molecule has 0 unspecified atom stereocenters. The first-order valence-electron chi connectivity index (χ1n) is 10.6. The van der Waals surface area contributed by atoms with E-state index in [1.807, 2.05) is 52.0 Å². The number of nitrogens with zero attached hydrogens (tertiary/aromatic N) is 1. The summed E-state index contributed by atoms with van der Waals surface area (Å²) in [5.41, 5.74) is 2.78. The number of aromatic nitrogens is 1. The molecule has 1 aromatic heterocycles. The maximum absolute atomic E-state index is 12.5. The van der Waals surface area contributed by atoms with E-state index in [9.17, 15) is 9.59 Å². The fourth-order valence-electron chi connectivity index (χ4n) is 3.39. The van der Waals surface area contributed by atoms with Crippen molar-refractivity contribution in [1.29, 1.82) is 0 Å². The minimum absolute atomic E-state index is 0.152. The number of anilines is 3. The summed E-state index contributed by atoms with van der Waals surface area (Å²) in [6, 6.07) is 7.53. The first-order chi connectivity index (χ1) is 15.6. The van der Waals surface area contributed by atoms with Gasteiger partial charge in [0.25, 0.3) is 5.91 Å². The number of ether oxygens (including phenoxy) is 2. The Morgan fingerprint density at radius 1 is 1.30 bits per heavy atom. The number of halogens is 1. The number of pyridine rings is 1. The summed E-state index contributed by atoms with van der Waals surface area (Å²) in [5.74, 6) is 0.950. The molecule has 1 atom stereocenters. The zero-order valence-corrected chi connectivity index (χ0v) is 21.6. The highest BCUT2D eigenvalue weighted by Gasteiger charge is 2.29. The summed E-state index contributed by atoms with van der Waals surface area (Å²) in [6.07, 6.45) is -0.514. The molecule has 2 amide bonds. The van der Waals surface area contributed by atoms with Gasteiger partial charge in [0.2, 0.25) is 0 Å². The molecule has 2 aromatic rings. The third-order valence-corrected chi connectivity index (χ3v) is 5.94. The number of alkyl carbamates (subject to hydrolysis) is 1. The Kier molecular flexibility index (Phi) is 8.01. The van der Waals surface area contributed by atoms with Gasteiger partial charge in [-0.3, -0.25) is 4.79 Å². The van der Waals surface area contributed by atoms with Crippen molar-refractivity contribution in [2.24, 2.45) is 0 Å². The van der Waals surface area contributed by atoms with Crippen LogP contribution in [0.1, 0.15) is 42.3 Å². The molecule has 0 aliphatic carbocycles. The van der Waals surface area contributed by atoms with Gasteiger partial charge in [-0.1, -0.05) is 12.1 Å². The van der Waals surface area contributed by atoms with Crippen molar-refractivity contribution in [3.05, 3.63) is 44.5 Å². The second-order valence-corrected chi connectivity index (χ2v) is 9.91. The number of hydrogen-bond acceptors (Lipinski definition) is 7. The lowest BCUT2D eigenvalue weighted by Crippen LogP contribution is -2.45. The number of nitrogens with one attached hydrogen (secondary N) is 4. The molecule has 10 heteroatoms. The van der Waals surface area contributed by atoms with Crippen LogP contribution in [-0.2, 0) is 16.0 Å². The Hall–Kier alpha value is -2.60. The predicted octanol–water partition coefficient (Wildman–Crippen LogP) is 3.93. The molecule has 0 bridgehead atoms. The summed E-state index contributed by atoms with van der Waals surface area (Å²) >= 11 is 2.19. The number of aryl methyl sites for hydroxylation is 1. The molecule has 3 rings (SSSR count). The van der Waals surface area contributed by atoms with Gasteiger partial charge in [-0.25, -0.2) is 9.78 Å². The molecule has 2 heterocycles. The number of methoxy groups -OCH3 is 1. The highest BCUT2D eigenvalue weighted by molar-refractivity contribution is 14.1. The zero-order valence-electron chi connectivity index (χ0n) is 19.5. The Morgan fingerprint density at radius 3 is 2.73 bits per heavy atom. The van der Waals surface area contributed by atoms with Gasteiger partial charge in [0.15, 0.2) is 0 Å². The van der Waals surface area contributed by atoms with Crippen LogP contribution in [0, 0.1) is 10.5 Å². The average molecular weight is 567 g/mol. The van der Waals surface area contributed by atoms with Gasteiger partial charge in [0, 0.05) is 31.5 Å². The third kappa shape index (κ3) is 6.70. The van der Waals surface area contributed by atoms with Crippen molar-refractivity contribution in [1.82, 2.24) is 15.6 Å². The van der Waals surface area contributed by atoms with E-state index in [0.717, 1.165) is 20.4 Å². The number of amides is 2. The van der Waals surface area contributed by atoms with Crippen LogP contribution in [0.5, 0.6) is 0 Å². The van der Waals surface area contributed by atoms with Gasteiger partial charge in [-0.2, -0.15) is 0 Å². The van der Waals surface area contributed by atoms with Crippen LogP contribution < -0.4 is 21.3 Å². The van der Waals surface area contributed by atoms with Crippen molar-refractivity contribution in [2.45, 2.75) is 45.9 Å². The van der Waals surface area contributed by atoms with Crippen molar-refractivity contribution in [3.63, 3.8) is 0 Å². The normalized spacial score (nSPS) is 13.7. The minimum atomic E-state index is -0.595. The highest BCUT2D eigenvalue weighted by Crippen LogP contribution is 2.33. The number of carbonyl (C=O) groups excluding carboxylic acids is 2. The van der Waals surface area contributed by atoms with Gasteiger partial charge in [0.05, 0.1) is 21.8 Å². The molecular formula is C23H30IN5O4. The quantitative estimate of drug-likeness (QED) is 0.358. The number of fused-ring (bicyclic) bond motifs is 1. The summed E-state index contributed by atoms with van der Waals surface area (Å²) < 4.78 is 11.5. The van der Waals surface area contributed by atoms with Crippen LogP contribution in [0.3, 0.4) is 0 Å². The number of carbonyl (C=O) groups is 2. The highest BCUT2D eigenvalue weighted by atomic mass is 127. The monoisotopic (exact) mass is 567 g/mol. The van der Waals surface area contributed by atoms with E-state index in [0.29, 0.717) is 36.9 Å². The van der Waals surface area contributed by atoms with Crippen LogP contribution in [0.4, 0.5) is 22.1 Å². The molecule has 1 aromatic carbocycles. The van der Waals surface area contributed by atoms with Crippen LogP contribution in [-0.4, -0.2) is 48.9 Å². The Labute approximate surface area is 207 Å². The number of rotatable bonds is 8. The molecule has 178 valence electrons. The number of hydrogen-bond donors (Lipinski definition) is 4. The van der Waals surface area contributed by atoms with E-state index in [1.54, 1.807) is 7.11 Å². The third-order valence-electron chi connectivity index (χ3n) is 4.77. The minimum Gasteiger partial charge on any atom is -0.444 e. The van der Waals surface area contributed by atoms with E-state index in [-0.39, 0.29) is 11.9 Å². The van der Waals surface area contributed by atoms with Gasteiger partial charge >= 0.3 is 6.09 Å². The Morgan fingerprint density at radius 2 is 2.06 bits per heavy atom. The van der Waals surface area contributed by atoms with E-state index in [4.69, 9.17) is 14.5 Å². The average Bonchev–Trinajstić information content (AvgIpc) is 3.10. The second-order valence-electron chi connectivity index (χ2n) is 8.83. The SMILES string of the molecule is COC[C@@H](CNc1nc(Nc2cccc(C)c2)c2c(c1I)CNC2=O)NC(=O)OC(C)(C)C. The van der Waals surface area contributed by atoms with Crippen LogP contribution in [0.25, 0.3) is 0 Å². The van der Waals surface area contributed by atoms with E-state index >= 15 is 0 Å². The first-order valence-corrected chi connectivity index (χ1v) is 11.7. The van der Waals surface area contributed by atoms with Crippen molar-refractivity contribution in [3.8, 4) is 0 Å². The van der Waals surface area contributed by atoms with Gasteiger partial charge in [-0.05, 0) is 68.0 Å². The summed E-state index contributed by atoms with van der Waals surface area (Å²) in [4.78, 5) is 29.4. The molecule has 1 aliphatic rings. The Balaban J connectivity index is 1.82. The van der Waals surface area contributed by atoms with Crippen molar-refractivity contribution < 1.29 is 19.1 Å². The summed E-state index contributed by atoms with van der Waals surface area (Å²) in [7, 11) is 1.57. The largest absolute Gasteiger partial charge is 0.444 e. The lowest BCUT2D eigenvalue weighted by atomic mass is 10.1. The Bertz CT molecular complexity index is 1040. The van der Waals surface area contributed by atoms with E-state index in [1.165, 1.54) is 0 Å². The zero-order chi connectivity index (χ0) is 24.2. The fourth-order valence-corrected chi connectivity index (χ4v) is 4.17. The summed E-state index contributed by atoms with van der Waals surface area (Å²) in [6.45, 7) is 8.53. The van der Waals surface area contributed by atoms with E-state index < -0.39 is 11.7 Å². The maximum atomic E-state index is 12.5. The topological polar surface area (TPSA) is 114 Å². The van der Waals surface area contributed by atoms with Crippen molar-refractivity contribution in [2.75, 3.05) is 30.9 Å². The van der Waals surface area contributed by atoms with Gasteiger partial charge in [-0.15, -0.1) is 0 Å². The summed E-state index contributed by atoms with van der Waals surface area (Å²) in [5, 5.41) is 12.3. The molecule has 0 saturated carbocycles. The number of benzene rings is 1. The lowest BCUT2D eigenvalue weighted by molar-refractivity contribution is 0.0474. The van der Waals surface area contributed by atoms with Crippen molar-refractivity contribution >= 4 is 51.9 Å². The smallest absolute Gasteiger partial charge is 0.408 e. The molecule has 1 aliphatic heterocycles. The van der Waals surface area contributed by atoms with Crippen LogP contribution in [0.15, 0.2) is 24.3 Å². The van der Waals surface area contributed by atoms with Gasteiger partial charge in [0.1, 0.15) is 17.2 Å². The molecule has 0 saturated heterocycles. The van der Waals surface area contributed by atoms with Crippen LogP contribution >= 0.6 is 22.6 Å². The van der Waals surface area contributed by atoms with Crippen LogP contribution in [0.2, 0.25) is 0 Å². The fraction of sp³-hybridized carbons (Fsp3) is 0.435. The first kappa shape index (κ1) is 25.0. The molecular weight excluding hydrogens is 537 g/mol. The van der Waals surface area contributed by atoms with Gasteiger partial charge < -0.3 is 30.7 Å². The molecule has 0 spiro atoms. The molecule has 9 nitrogen and oxygen atoms in total. The predicted molar refractivity (Wildman–Crippen MR) is 136 cm³/mol. The second kappa shape index (κ2) is 10.6.